The topological polar surface area (TPSA) is 15.3 Å². The summed E-state index contributed by atoms with van der Waals surface area (Å²) in [6, 6.07) is 8.51. The number of nitrogens with one attached hydrogen (secondary N) is 1. The van der Waals surface area contributed by atoms with Gasteiger partial charge in [-0.25, -0.2) is 0 Å². The van der Waals surface area contributed by atoms with Crippen LogP contribution in [0.25, 0.3) is 0 Å². The minimum Gasteiger partial charge on any atom is -0.349 e. The first-order valence-electron chi connectivity index (χ1n) is 7.86. The quantitative estimate of drug-likeness (QED) is 0.690. The number of nitrogens with zero attached hydrogens (tertiary/aromatic N) is 1. The molecule has 0 spiro atoms. The second kappa shape index (κ2) is 9.76. The van der Waals surface area contributed by atoms with Gasteiger partial charge in [-0.3, -0.25) is 0 Å². The van der Waals surface area contributed by atoms with Crippen molar-refractivity contribution in [2.24, 2.45) is 0 Å². The van der Waals surface area contributed by atoms with Crippen LogP contribution in [0, 0.1) is 0 Å². The third-order valence-electron chi connectivity index (χ3n) is 3.44. The summed E-state index contributed by atoms with van der Waals surface area (Å²) in [7, 11) is 0. The molecule has 0 atom stereocenters. The molecular formula is C17H28N2S. The van der Waals surface area contributed by atoms with Gasteiger partial charge in [0.2, 0.25) is 0 Å². The first-order valence-corrected chi connectivity index (χ1v) is 8.26. The summed E-state index contributed by atoms with van der Waals surface area (Å²) in [5.74, 6) is 0. The molecule has 0 fully saturated rings. The molecule has 1 aromatic carbocycles. The monoisotopic (exact) mass is 292 g/mol. The van der Waals surface area contributed by atoms with Crippen molar-refractivity contribution < 1.29 is 0 Å². The standard InChI is InChI=1S/C17H28N2S/c1-4-7-12-19(13-8-5-2)17(20)18-16-11-9-10-15(6-3)14-16/h9-11,14H,4-8,12-13H2,1-3H3,(H,18,20). The lowest BCUT2D eigenvalue weighted by molar-refractivity contribution is 0.403. The Labute approximate surface area is 129 Å². The predicted molar refractivity (Wildman–Crippen MR) is 93.4 cm³/mol. The molecule has 0 amide bonds. The fraction of sp³-hybridized carbons (Fsp3) is 0.588. The van der Waals surface area contributed by atoms with E-state index in [1.807, 2.05) is 0 Å². The highest BCUT2D eigenvalue weighted by Crippen LogP contribution is 2.12. The molecule has 20 heavy (non-hydrogen) atoms. The molecule has 0 aliphatic carbocycles. The van der Waals surface area contributed by atoms with Crippen LogP contribution in [-0.4, -0.2) is 23.1 Å². The van der Waals surface area contributed by atoms with E-state index in [0.717, 1.165) is 30.3 Å². The second-order valence-electron chi connectivity index (χ2n) is 5.18. The minimum absolute atomic E-state index is 0.861. The van der Waals surface area contributed by atoms with Gasteiger partial charge in [-0.1, -0.05) is 45.7 Å². The summed E-state index contributed by atoms with van der Waals surface area (Å²) < 4.78 is 0. The highest BCUT2D eigenvalue weighted by molar-refractivity contribution is 7.80. The van der Waals surface area contributed by atoms with Gasteiger partial charge in [0.25, 0.3) is 0 Å². The minimum atomic E-state index is 0.861. The molecule has 0 saturated carbocycles. The van der Waals surface area contributed by atoms with Crippen molar-refractivity contribution >= 4 is 23.0 Å². The summed E-state index contributed by atoms with van der Waals surface area (Å²) in [5.41, 5.74) is 2.44. The maximum atomic E-state index is 5.58. The molecule has 0 radical (unpaired) electrons. The number of unbranched alkanes of at least 4 members (excludes halogenated alkanes) is 2. The summed E-state index contributed by atoms with van der Waals surface area (Å²) >= 11 is 5.58. The van der Waals surface area contributed by atoms with Crippen molar-refractivity contribution in [2.45, 2.75) is 52.9 Å². The fourth-order valence-electron chi connectivity index (χ4n) is 2.08. The lowest BCUT2D eigenvalue weighted by Gasteiger charge is -2.26. The molecule has 0 aliphatic heterocycles. The van der Waals surface area contributed by atoms with E-state index >= 15 is 0 Å². The molecule has 0 saturated heterocycles. The zero-order valence-electron chi connectivity index (χ0n) is 13.1. The third-order valence-corrected chi connectivity index (χ3v) is 3.80. The second-order valence-corrected chi connectivity index (χ2v) is 5.56. The third kappa shape index (κ3) is 5.91. The van der Waals surface area contributed by atoms with Gasteiger partial charge in [-0.15, -0.1) is 0 Å². The van der Waals surface area contributed by atoms with Crippen LogP contribution in [0.4, 0.5) is 5.69 Å². The van der Waals surface area contributed by atoms with E-state index in [2.05, 4.69) is 55.3 Å². The van der Waals surface area contributed by atoms with Gasteiger partial charge in [0.1, 0.15) is 0 Å². The van der Waals surface area contributed by atoms with Gasteiger partial charge in [0, 0.05) is 18.8 Å². The number of hydrogen-bond acceptors (Lipinski definition) is 1. The van der Waals surface area contributed by atoms with Crippen LogP contribution in [0.15, 0.2) is 24.3 Å². The molecule has 0 aliphatic rings. The van der Waals surface area contributed by atoms with E-state index in [1.165, 1.54) is 31.2 Å². The Kier molecular flexibility index (Phi) is 8.28. The summed E-state index contributed by atoms with van der Waals surface area (Å²) in [4.78, 5) is 2.31. The van der Waals surface area contributed by atoms with Crippen molar-refractivity contribution in [3.63, 3.8) is 0 Å². The number of aryl methyl sites for hydroxylation is 1. The number of thiocarbonyl (C=S) groups is 1. The normalized spacial score (nSPS) is 10.3. The van der Waals surface area contributed by atoms with E-state index in [-0.39, 0.29) is 0 Å². The van der Waals surface area contributed by atoms with Gasteiger partial charge in [0.05, 0.1) is 0 Å². The van der Waals surface area contributed by atoms with Crippen LogP contribution in [0.1, 0.15) is 52.0 Å². The average molecular weight is 292 g/mol. The van der Waals surface area contributed by atoms with Gasteiger partial charge in [-0.05, 0) is 49.2 Å². The maximum absolute atomic E-state index is 5.58. The largest absolute Gasteiger partial charge is 0.349 e. The van der Waals surface area contributed by atoms with Crippen LogP contribution in [-0.2, 0) is 6.42 Å². The molecule has 112 valence electrons. The Morgan fingerprint density at radius 1 is 1.10 bits per heavy atom. The summed E-state index contributed by atoms with van der Waals surface area (Å²) in [6.45, 7) is 8.72. The Morgan fingerprint density at radius 3 is 2.30 bits per heavy atom. The van der Waals surface area contributed by atoms with Gasteiger partial charge >= 0.3 is 0 Å². The first kappa shape index (κ1) is 17.0. The van der Waals surface area contributed by atoms with Gasteiger partial charge in [0.15, 0.2) is 5.11 Å². The van der Waals surface area contributed by atoms with Crippen molar-refractivity contribution in [3.8, 4) is 0 Å². The van der Waals surface area contributed by atoms with Gasteiger partial charge in [-0.2, -0.15) is 0 Å². The van der Waals surface area contributed by atoms with Crippen molar-refractivity contribution in [3.05, 3.63) is 29.8 Å². The molecule has 2 nitrogen and oxygen atoms in total. The molecule has 3 heteroatoms. The Bertz CT molecular complexity index is 396. The molecule has 0 aromatic heterocycles. The van der Waals surface area contributed by atoms with E-state index in [9.17, 15) is 0 Å². The molecule has 0 bridgehead atoms. The fourth-order valence-corrected chi connectivity index (χ4v) is 2.38. The van der Waals surface area contributed by atoms with E-state index in [4.69, 9.17) is 12.2 Å². The molecule has 1 aromatic rings. The highest BCUT2D eigenvalue weighted by atomic mass is 32.1. The van der Waals surface area contributed by atoms with Crippen LogP contribution >= 0.6 is 12.2 Å². The maximum Gasteiger partial charge on any atom is 0.173 e. The Balaban J connectivity index is 2.63. The van der Waals surface area contributed by atoms with E-state index in [0.29, 0.717) is 0 Å². The number of benzene rings is 1. The highest BCUT2D eigenvalue weighted by Gasteiger charge is 2.08. The van der Waals surface area contributed by atoms with Crippen molar-refractivity contribution in [1.29, 1.82) is 0 Å². The van der Waals surface area contributed by atoms with Crippen LogP contribution < -0.4 is 5.32 Å². The summed E-state index contributed by atoms with van der Waals surface area (Å²) in [5, 5.41) is 4.25. The molecule has 0 heterocycles. The zero-order valence-corrected chi connectivity index (χ0v) is 13.9. The Hall–Kier alpha value is -1.09. The number of anilines is 1. The molecule has 0 unspecified atom stereocenters. The lowest BCUT2D eigenvalue weighted by atomic mass is 10.1. The number of hydrogen-bond donors (Lipinski definition) is 1. The van der Waals surface area contributed by atoms with Crippen molar-refractivity contribution in [1.82, 2.24) is 4.90 Å². The van der Waals surface area contributed by atoms with Crippen LogP contribution in [0.2, 0.25) is 0 Å². The number of rotatable bonds is 8. The molecule has 1 rings (SSSR count). The summed E-state index contributed by atoms with van der Waals surface area (Å²) in [6.07, 6.45) is 5.85. The first-order chi connectivity index (χ1) is 9.71. The van der Waals surface area contributed by atoms with Crippen molar-refractivity contribution in [2.75, 3.05) is 18.4 Å². The predicted octanol–water partition coefficient (Wildman–Crippen LogP) is 4.85. The Morgan fingerprint density at radius 2 is 1.75 bits per heavy atom. The smallest absolute Gasteiger partial charge is 0.173 e. The SMILES string of the molecule is CCCCN(CCCC)C(=S)Nc1cccc(CC)c1. The van der Waals surface area contributed by atoms with Gasteiger partial charge < -0.3 is 10.2 Å². The zero-order chi connectivity index (χ0) is 14.8. The lowest BCUT2D eigenvalue weighted by Crippen LogP contribution is -2.36. The molecule has 1 N–H and O–H groups in total. The van der Waals surface area contributed by atoms with E-state index in [1.54, 1.807) is 0 Å². The van der Waals surface area contributed by atoms with Crippen LogP contribution in [0.5, 0.6) is 0 Å². The molecular weight excluding hydrogens is 264 g/mol. The average Bonchev–Trinajstić information content (AvgIpc) is 2.47. The van der Waals surface area contributed by atoms with E-state index < -0.39 is 0 Å². The van der Waals surface area contributed by atoms with Crippen LogP contribution in [0.3, 0.4) is 0 Å².